The summed E-state index contributed by atoms with van der Waals surface area (Å²) < 4.78 is 12.1. The number of esters is 1. The van der Waals surface area contributed by atoms with Gasteiger partial charge in [0.05, 0.1) is 12.1 Å². The van der Waals surface area contributed by atoms with Crippen molar-refractivity contribution < 1.29 is 18.7 Å². The molecule has 0 saturated carbocycles. The van der Waals surface area contributed by atoms with Crippen molar-refractivity contribution in [1.82, 2.24) is 4.40 Å². The zero-order valence-corrected chi connectivity index (χ0v) is 15.9. The highest BCUT2D eigenvalue weighted by Gasteiger charge is 2.22. The second kappa shape index (κ2) is 7.27. The minimum atomic E-state index is -0.643. The Balaban J connectivity index is 1.92. The van der Waals surface area contributed by atoms with E-state index in [-0.39, 0.29) is 23.6 Å². The van der Waals surface area contributed by atoms with Crippen LogP contribution in [0.15, 0.2) is 63.8 Å². The van der Waals surface area contributed by atoms with Gasteiger partial charge in [0.15, 0.2) is 5.58 Å². The number of benzene rings is 2. The number of aromatic nitrogens is 1. The zero-order chi connectivity index (χ0) is 20.5. The molecule has 0 fully saturated rings. The lowest BCUT2D eigenvalue weighted by Crippen LogP contribution is -2.24. The molecule has 146 valence electrons. The summed E-state index contributed by atoms with van der Waals surface area (Å²) in [7, 11) is 0. The van der Waals surface area contributed by atoms with Crippen molar-refractivity contribution >= 4 is 34.4 Å². The van der Waals surface area contributed by atoms with Gasteiger partial charge in [-0.2, -0.15) is 0 Å². The van der Waals surface area contributed by atoms with Gasteiger partial charge in [-0.1, -0.05) is 30.3 Å². The summed E-state index contributed by atoms with van der Waals surface area (Å²) >= 11 is 0. The third kappa shape index (κ3) is 3.16. The third-order valence-electron chi connectivity index (χ3n) is 4.60. The number of pyridine rings is 1. The number of oxazole rings is 1. The number of carbonyl (C=O) groups is 2. The molecule has 2 aromatic heterocycles. The van der Waals surface area contributed by atoms with Gasteiger partial charge in [0.1, 0.15) is 11.3 Å². The Morgan fingerprint density at radius 1 is 1.07 bits per heavy atom. The molecule has 0 unspecified atom stereocenters. The van der Waals surface area contributed by atoms with Crippen LogP contribution in [0.2, 0.25) is 0 Å². The summed E-state index contributed by atoms with van der Waals surface area (Å²) in [5.74, 6) is -1.08. The van der Waals surface area contributed by atoms with E-state index in [2.05, 4.69) is 5.32 Å². The molecule has 1 amide bonds. The summed E-state index contributed by atoms with van der Waals surface area (Å²) in [5, 5.41) is 2.63. The number of ether oxygens (including phenoxy) is 1. The summed E-state index contributed by atoms with van der Waals surface area (Å²) in [6.45, 7) is 3.65. The van der Waals surface area contributed by atoms with E-state index in [0.29, 0.717) is 16.7 Å². The quantitative estimate of drug-likeness (QED) is 0.536. The van der Waals surface area contributed by atoms with Gasteiger partial charge in [0.2, 0.25) is 5.71 Å². The number of aryl methyl sites for hydroxylation is 1. The normalized spacial score (nSPS) is 11.0. The maximum Gasteiger partial charge on any atom is 0.343 e. The van der Waals surface area contributed by atoms with Crippen LogP contribution in [0, 0.1) is 6.92 Å². The number of rotatable bonds is 4. The van der Waals surface area contributed by atoms with Crippen molar-refractivity contribution in [2.24, 2.45) is 0 Å². The molecule has 29 heavy (non-hydrogen) atoms. The average Bonchev–Trinajstić information content (AvgIpc) is 3.10. The van der Waals surface area contributed by atoms with Crippen molar-refractivity contribution in [3.63, 3.8) is 0 Å². The van der Waals surface area contributed by atoms with E-state index in [1.54, 1.807) is 56.3 Å². The Morgan fingerprint density at radius 2 is 1.79 bits per heavy atom. The van der Waals surface area contributed by atoms with Gasteiger partial charge in [-0.3, -0.25) is 9.59 Å². The summed E-state index contributed by atoms with van der Waals surface area (Å²) in [4.78, 5) is 38.4. The minimum Gasteiger partial charge on any atom is -0.462 e. The van der Waals surface area contributed by atoms with E-state index in [0.717, 1.165) is 5.56 Å². The molecule has 2 heterocycles. The van der Waals surface area contributed by atoms with Crippen LogP contribution in [-0.4, -0.2) is 22.9 Å². The van der Waals surface area contributed by atoms with Crippen LogP contribution < -0.4 is 10.9 Å². The Bertz CT molecular complexity index is 1320. The first-order valence-electron chi connectivity index (χ1n) is 9.12. The van der Waals surface area contributed by atoms with E-state index < -0.39 is 17.4 Å². The van der Waals surface area contributed by atoms with Gasteiger partial charge >= 0.3 is 5.97 Å². The molecule has 7 nitrogen and oxygen atoms in total. The van der Waals surface area contributed by atoms with Gasteiger partial charge in [-0.25, -0.2) is 9.20 Å². The topological polar surface area (TPSA) is 90.0 Å². The fourth-order valence-corrected chi connectivity index (χ4v) is 3.21. The fraction of sp³-hybridized carbons (Fsp3) is 0.136. The van der Waals surface area contributed by atoms with Crippen LogP contribution >= 0.6 is 0 Å². The first kappa shape index (κ1) is 18.5. The number of amides is 1. The summed E-state index contributed by atoms with van der Waals surface area (Å²) in [6.07, 6.45) is 0. The molecule has 7 heteroatoms. The maximum absolute atomic E-state index is 13.1. The molecular formula is C22H18N2O5. The van der Waals surface area contributed by atoms with Crippen LogP contribution in [0.3, 0.4) is 0 Å². The highest BCUT2D eigenvalue weighted by molar-refractivity contribution is 6.06. The average molecular weight is 390 g/mol. The number of nitrogens with zero attached hydrogens (tertiary/aromatic N) is 1. The van der Waals surface area contributed by atoms with Crippen LogP contribution in [-0.2, 0) is 4.74 Å². The van der Waals surface area contributed by atoms with E-state index in [1.165, 1.54) is 10.5 Å². The molecule has 0 atom stereocenters. The van der Waals surface area contributed by atoms with Gasteiger partial charge in [-0.15, -0.1) is 0 Å². The van der Waals surface area contributed by atoms with E-state index in [9.17, 15) is 14.4 Å². The first-order valence-corrected chi connectivity index (χ1v) is 9.12. The van der Waals surface area contributed by atoms with Crippen LogP contribution in [0.4, 0.5) is 5.69 Å². The molecule has 0 aliphatic rings. The third-order valence-corrected chi connectivity index (χ3v) is 4.60. The number of para-hydroxylation sites is 2. The van der Waals surface area contributed by atoms with E-state index in [1.807, 2.05) is 6.07 Å². The largest absolute Gasteiger partial charge is 0.462 e. The molecule has 2 aromatic carbocycles. The number of nitrogens with one attached hydrogen (secondary N) is 1. The molecule has 0 saturated heterocycles. The Morgan fingerprint density at radius 3 is 2.55 bits per heavy atom. The van der Waals surface area contributed by atoms with Gasteiger partial charge < -0.3 is 14.5 Å². The Labute approximate surface area is 165 Å². The lowest BCUT2D eigenvalue weighted by Gasteiger charge is -2.09. The van der Waals surface area contributed by atoms with E-state index >= 15 is 0 Å². The molecule has 0 radical (unpaired) electrons. The van der Waals surface area contributed by atoms with Crippen molar-refractivity contribution in [3.05, 3.63) is 81.6 Å². The second-order valence-corrected chi connectivity index (χ2v) is 6.48. The van der Waals surface area contributed by atoms with Crippen LogP contribution in [0.5, 0.6) is 0 Å². The monoisotopic (exact) mass is 390 g/mol. The number of anilines is 1. The number of fused-ring (bicyclic) bond motifs is 3. The predicted octanol–water partition coefficient (Wildman–Crippen LogP) is 3.78. The van der Waals surface area contributed by atoms with Crippen molar-refractivity contribution in [3.8, 4) is 0 Å². The molecule has 0 bridgehead atoms. The first-order chi connectivity index (χ1) is 14.0. The second-order valence-electron chi connectivity index (χ2n) is 6.48. The van der Waals surface area contributed by atoms with Gasteiger partial charge in [-0.05, 0) is 43.7 Å². The highest BCUT2D eigenvalue weighted by Crippen LogP contribution is 2.24. The minimum absolute atomic E-state index is 0.0367. The van der Waals surface area contributed by atoms with Crippen LogP contribution in [0.25, 0.3) is 16.8 Å². The SMILES string of the molecule is CCOC(=O)c1cc(NC(=O)c2ccccc2C)c(=O)n2c1oc1ccccc12. The van der Waals surface area contributed by atoms with Crippen molar-refractivity contribution in [2.75, 3.05) is 11.9 Å². The molecular weight excluding hydrogens is 372 g/mol. The summed E-state index contributed by atoms with van der Waals surface area (Å²) in [5.41, 5.74) is 1.73. The molecule has 0 aliphatic heterocycles. The molecule has 4 aromatic rings. The highest BCUT2D eigenvalue weighted by atomic mass is 16.5. The van der Waals surface area contributed by atoms with Crippen molar-refractivity contribution in [1.29, 1.82) is 0 Å². The molecule has 1 N–H and O–H groups in total. The number of carbonyl (C=O) groups excluding carboxylic acids is 2. The summed E-state index contributed by atoms with van der Waals surface area (Å²) in [6, 6.07) is 15.3. The van der Waals surface area contributed by atoms with E-state index in [4.69, 9.17) is 9.15 Å². The number of hydrogen-bond donors (Lipinski definition) is 1. The molecule has 0 spiro atoms. The zero-order valence-electron chi connectivity index (χ0n) is 15.9. The number of hydrogen-bond acceptors (Lipinski definition) is 5. The lowest BCUT2D eigenvalue weighted by atomic mass is 10.1. The Kier molecular flexibility index (Phi) is 4.64. The van der Waals surface area contributed by atoms with Gasteiger partial charge in [0, 0.05) is 5.56 Å². The van der Waals surface area contributed by atoms with Gasteiger partial charge in [0.25, 0.3) is 11.5 Å². The van der Waals surface area contributed by atoms with Crippen molar-refractivity contribution in [2.45, 2.75) is 13.8 Å². The Hall–Kier alpha value is -3.87. The standard InChI is InChI=1S/C22H18N2O5/c1-3-28-22(27)15-12-16(23-19(25)14-9-5-4-8-13(14)2)20(26)24-17-10-6-7-11-18(17)29-21(15)24/h4-12H,3H2,1-2H3,(H,23,25). The maximum atomic E-state index is 13.1. The fourth-order valence-electron chi connectivity index (χ4n) is 3.21. The smallest absolute Gasteiger partial charge is 0.343 e. The van der Waals surface area contributed by atoms with Crippen LogP contribution in [0.1, 0.15) is 33.2 Å². The lowest BCUT2D eigenvalue weighted by molar-refractivity contribution is 0.0526. The predicted molar refractivity (Wildman–Crippen MR) is 109 cm³/mol. The molecule has 4 rings (SSSR count). The molecule has 0 aliphatic carbocycles.